The molecule has 2 atom stereocenters. The lowest BCUT2D eigenvalue weighted by Crippen LogP contribution is -2.40. The van der Waals surface area contributed by atoms with E-state index in [2.05, 4.69) is 6.92 Å². The van der Waals surface area contributed by atoms with E-state index in [9.17, 15) is 9.90 Å². The Morgan fingerprint density at radius 3 is 2.60 bits per heavy atom. The molecule has 1 amide bonds. The number of hydrogen-bond donors (Lipinski definition) is 2. The summed E-state index contributed by atoms with van der Waals surface area (Å²) < 4.78 is 0. The predicted molar refractivity (Wildman–Crippen MR) is 81.4 cm³/mol. The van der Waals surface area contributed by atoms with E-state index in [0.717, 1.165) is 18.4 Å². The van der Waals surface area contributed by atoms with Crippen LogP contribution in [0.1, 0.15) is 45.2 Å². The number of phenols is 1. The van der Waals surface area contributed by atoms with E-state index in [-0.39, 0.29) is 23.6 Å². The number of nitrogens with zero attached hydrogens (tertiary/aromatic N) is 1. The Kier molecular flexibility index (Phi) is 6.52. The summed E-state index contributed by atoms with van der Waals surface area (Å²) in [5.41, 5.74) is 6.67. The molecule has 4 heteroatoms. The summed E-state index contributed by atoms with van der Waals surface area (Å²) in [5.74, 6) is 0.217. The molecule has 1 aromatic rings. The normalized spacial score (nSPS) is 13.8. The second kappa shape index (κ2) is 7.90. The highest BCUT2D eigenvalue weighted by molar-refractivity contribution is 5.79. The van der Waals surface area contributed by atoms with Crippen LogP contribution in [-0.4, -0.2) is 29.0 Å². The molecule has 0 spiro atoms. The summed E-state index contributed by atoms with van der Waals surface area (Å²) in [6, 6.07) is 7.00. The minimum absolute atomic E-state index is 0.0643. The molecule has 0 aliphatic rings. The largest absolute Gasteiger partial charge is 0.508 e. The first-order valence-electron chi connectivity index (χ1n) is 7.34. The van der Waals surface area contributed by atoms with Crippen LogP contribution in [0.15, 0.2) is 24.3 Å². The van der Waals surface area contributed by atoms with E-state index >= 15 is 0 Å². The van der Waals surface area contributed by atoms with E-state index in [1.165, 1.54) is 0 Å². The molecule has 2 unspecified atom stereocenters. The van der Waals surface area contributed by atoms with Crippen molar-refractivity contribution in [2.75, 3.05) is 13.1 Å². The van der Waals surface area contributed by atoms with Crippen LogP contribution in [0.2, 0.25) is 0 Å². The molecule has 0 aliphatic heterocycles. The van der Waals surface area contributed by atoms with Gasteiger partial charge in [0.15, 0.2) is 0 Å². The van der Waals surface area contributed by atoms with Crippen molar-refractivity contribution < 1.29 is 9.90 Å². The fraction of sp³-hybridized carbons (Fsp3) is 0.562. The minimum Gasteiger partial charge on any atom is -0.508 e. The number of hydrogen-bond acceptors (Lipinski definition) is 3. The highest BCUT2D eigenvalue weighted by Gasteiger charge is 2.26. The second-order valence-corrected chi connectivity index (χ2v) is 5.12. The number of phenolic OH excluding ortho intramolecular Hbond substituents is 1. The molecule has 0 radical (unpaired) electrons. The second-order valence-electron chi connectivity index (χ2n) is 5.12. The van der Waals surface area contributed by atoms with Crippen LogP contribution in [-0.2, 0) is 4.79 Å². The van der Waals surface area contributed by atoms with Crippen molar-refractivity contribution in [3.05, 3.63) is 29.8 Å². The van der Waals surface area contributed by atoms with Crippen LogP contribution in [0.25, 0.3) is 0 Å². The number of carbonyl (C=O) groups excluding carboxylic acids is 1. The van der Waals surface area contributed by atoms with E-state index in [0.29, 0.717) is 13.1 Å². The van der Waals surface area contributed by atoms with Crippen LogP contribution >= 0.6 is 0 Å². The minimum atomic E-state index is -0.111. The van der Waals surface area contributed by atoms with Gasteiger partial charge in [0.25, 0.3) is 0 Å². The maximum atomic E-state index is 12.6. The van der Waals surface area contributed by atoms with Gasteiger partial charge in [-0.3, -0.25) is 4.79 Å². The Labute approximate surface area is 121 Å². The average Bonchev–Trinajstić information content (AvgIpc) is 2.45. The molecular formula is C16H26N2O2. The monoisotopic (exact) mass is 278 g/mol. The van der Waals surface area contributed by atoms with E-state index in [1.807, 2.05) is 24.8 Å². The zero-order valence-corrected chi connectivity index (χ0v) is 12.7. The first-order chi connectivity index (χ1) is 9.54. The molecule has 0 saturated carbocycles. The number of amides is 1. The van der Waals surface area contributed by atoms with Crippen LogP contribution < -0.4 is 5.73 Å². The van der Waals surface area contributed by atoms with Gasteiger partial charge >= 0.3 is 0 Å². The van der Waals surface area contributed by atoms with Crippen molar-refractivity contribution in [3.8, 4) is 5.75 Å². The zero-order valence-electron chi connectivity index (χ0n) is 12.7. The van der Waals surface area contributed by atoms with Crippen molar-refractivity contribution in [1.82, 2.24) is 4.90 Å². The van der Waals surface area contributed by atoms with Crippen LogP contribution in [0, 0.1) is 5.92 Å². The molecule has 0 heterocycles. The topological polar surface area (TPSA) is 66.6 Å². The first-order valence-corrected chi connectivity index (χ1v) is 7.34. The summed E-state index contributed by atoms with van der Waals surface area (Å²) in [7, 11) is 0. The number of aromatic hydroxyl groups is 1. The average molecular weight is 278 g/mol. The molecule has 1 rings (SSSR count). The van der Waals surface area contributed by atoms with Gasteiger partial charge < -0.3 is 15.7 Å². The highest BCUT2D eigenvalue weighted by atomic mass is 16.3. The van der Waals surface area contributed by atoms with Crippen molar-refractivity contribution in [3.63, 3.8) is 0 Å². The number of nitrogens with two attached hydrogens (primary N) is 1. The van der Waals surface area contributed by atoms with Gasteiger partial charge in [-0.1, -0.05) is 25.5 Å². The quantitative estimate of drug-likeness (QED) is 0.806. The molecule has 4 nitrogen and oxygen atoms in total. The maximum Gasteiger partial charge on any atom is 0.227 e. The van der Waals surface area contributed by atoms with Crippen LogP contribution in [0.4, 0.5) is 0 Å². The van der Waals surface area contributed by atoms with Crippen LogP contribution in [0.3, 0.4) is 0 Å². The summed E-state index contributed by atoms with van der Waals surface area (Å²) in [4.78, 5) is 14.4. The van der Waals surface area contributed by atoms with E-state index in [4.69, 9.17) is 5.73 Å². The van der Waals surface area contributed by atoms with Crippen LogP contribution in [0.5, 0.6) is 5.75 Å². The number of benzene rings is 1. The molecule has 0 aromatic heterocycles. The molecule has 0 aliphatic carbocycles. The maximum absolute atomic E-state index is 12.6. The Balaban J connectivity index is 2.91. The predicted octanol–water partition coefficient (Wildman–Crippen LogP) is 2.68. The number of carbonyl (C=O) groups is 1. The lowest BCUT2D eigenvalue weighted by atomic mass is 9.99. The van der Waals surface area contributed by atoms with E-state index in [1.54, 1.807) is 18.2 Å². The lowest BCUT2D eigenvalue weighted by Gasteiger charge is -2.31. The summed E-state index contributed by atoms with van der Waals surface area (Å²) in [6.45, 7) is 7.03. The Morgan fingerprint density at radius 2 is 2.10 bits per heavy atom. The smallest absolute Gasteiger partial charge is 0.227 e. The molecule has 0 fully saturated rings. The summed E-state index contributed by atoms with van der Waals surface area (Å²) in [5, 5.41) is 9.57. The highest BCUT2D eigenvalue weighted by Crippen LogP contribution is 2.25. The molecule has 1 aromatic carbocycles. The Morgan fingerprint density at radius 1 is 1.40 bits per heavy atom. The van der Waals surface area contributed by atoms with Gasteiger partial charge in [-0.25, -0.2) is 0 Å². The third-order valence-corrected chi connectivity index (χ3v) is 3.71. The van der Waals surface area contributed by atoms with Gasteiger partial charge in [-0.2, -0.15) is 0 Å². The third-order valence-electron chi connectivity index (χ3n) is 3.71. The SMILES string of the molecule is CCCC(CN)C(=O)N(CC)C(C)c1cccc(O)c1. The molecular weight excluding hydrogens is 252 g/mol. The molecule has 0 bridgehead atoms. The van der Waals surface area contributed by atoms with Gasteiger partial charge in [-0.05, 0) is 38.0 Å². The standard InChI is InChI=1S/C16H26N2O2/c1-4-7-14(11-17)16(20)18(5-2)12(3)13-8-6-9-15(19)10-13/h6,8-10,12,14,19H,4-5,7,11,17H2,1-3H3. The fourth-order valence-electron chi connectivity index (χ4n) is 2.51. The first kappa shape index (κ1) is 16.5. The fourth-order valence-corrected chi connectivity index (χ4v) is 2.51. The molecule has 3 N–H and O–H groups in total. The van der Waals surface area contributed by atoms with Crippen molar-refractivity contribution >= 4 is 5.91 Å². The van der Waals surface area contributed by atoms with Crippen molar-refractivity contribution in [2.45, 2.75) is 39.7 Å². The Bertz CT molecular complexity index is 434. The van der Waals surface area contributed by atoms with Gasteiger partial charge in [0.2, 0.25) is 5.91 Å². The van der Waals surface area contributed by atoms with Crippen molar-refractivity contribution in [2.24, 2.45) is 11.7 Å². The zero-order chi connectivity index (χ0) is 15.1. The molecule has 112 valence electrons. The summed E-state index contributed by atoms with van der Waals surface area (Å²) >= 11 is 0. The van der Waals surface area contributed by atoms with E-state index < -0.39 is 0 Å². The van der Waals surface area contributed by atoms with Crippen molar-refractivity contribution in [1.29, 1.82) is 0 Å². The van der Waals surface area contributed by atoms with Gasteiger partial charge in [0.1, 0.15) is 5.75 Å². The third kappa shape index (κ3) is 3.97. The lowest BCUT2D eigenvalue weighted by molar-refractivity contribution is -0.137. The summed E-state index contributed by atoms with van der Waals surface area (Å²) in [6.07, 6.45) is 1.77. The van der Waals surface area contributed by atoms with Gasteiger partial charge in [0.05, 0.1) is 12.0 Å². The molecule has 20 heavy (non-hydrogen) atoms. The number of rotatable bonds is 7. The Hall–Kier alpha value is -1.55. The molecule has 0 saturated heterocycles. The van der Waals surface area contributed by atoms with Gasteiger partial charge in [0, 0.05) is 13.1 Å². The van der Waals surface area contributed by atoms with Gasteiger partial charge in [-0.15, -0.1) is 0 Å².